The van der Waals surface area contributed by atoms with Crippen molar-refractivity contribution in [3.8, 4) is 0 Å². The van der Waals surface area contributed by atoms with E-state index in [1.165, 1.54) is 5.01 Å². The number of nitrogens with zero attached hydrogens (tertiary/aromatic N) is 1. The van der Waals surface area contributed by atoms with Gasteiger partial charge in [-0.3, -0.25) is 15.0 Å². The number of carbonyl (C=O) groups excluding carboxylic acids is 2. The highest BCUT2D eigenvalue weighted by molar-refractivity contribution is 6.30. The average Bonchev–Trinajstić information content (AvgIpc) is 3.09. The van der Waals surface area contributed by atoms with Gasteiger partial charge in [-0.1, -0.05) is 23.7 Å². The predicted octanol–water partition coefficient (Wildman–Crippen LogP) is 1.35. The third kappa shape index (κ3) is 1.89. The molecule has 2 fully saturated rings. The van der Waals surface area contributed by atoms with Crippen LogP contribution in [0.3, 0.4) is 0 Å². The van der Waals surface area contributed by atoms with Gasteiger partial charge >= 0.3 is 0 Å². The van der Waals surface area contributed by atoms with Crippen LogP contribution in [0.1, 0.15) is 12.0 Å². The Kier molecular flexibility index (Phi) is 2.33. The van der Waals surface area contributed by atoms with E-state index in [1.807, 2.05) is 12.1 Å². The molecule has 4 nitrogen and oxygen atoms in total. The van der Waals surface area contributed by atoms with E-state index < -0.39 is 0 Å². The lowest BCUT2D eigenvalue weighted by atomic mass is 10.2. The van der Waals surface area contributed by atoms with E-state index in [2.05, 4.69) is 5.43 Å². The molecule has 17 heavy (non-hydrogen) atoms. The third-order valence-electron chi connectivity index (χ3n) is 3.21. The van der Waals surface area contributed by atoms with Crippen molar-refractivity contribution in [2.45, 2.75) is 13.0 Å². The Morgan fingerprint density at radius 1 is 1.24 bits per heavy atom. The number of hydrogen-bond acceptors (Lipinski definition) is 2. The number of carbonyl (C=O) groups is 2. The van der Waals surface area contributed by atoms with Crippen LogP contribution in [-0.4, -0.2) is 16.8 Å². The van der Waals surface area contributed by atoms with Crippen LogP contribution in [0.25, 0.3) is 0 Å². The summed E-state index contributed by atoms with van der Waals surface area (Å²) >= 11 is 5.79. The van der Waals surface area contributed by atoms with Crippen molar-refractivity contribution in [2.24, 2.45) is 11.8 Å². The highest BCUT2D eigenvalue weighted by Gasteiger charge is 2.53. The van der Waals surface area contributed by atoms with Crippen LogP contribution in [0, 0.1) is 11.8 Å². The zero-order valence-electron chi connectivity index (χ0n) is 9.02. The lowest BCUT2D eigenvalue weighted by Gasteiger charge is -2.26. The fourth-order valence-corrected chi connectivity index (χ4v) is 2.24. The minimum Gasteiger partial charge on any atom is -0.273 e. The van der Waals surface area contributed by atoms with Crippen molar-refractivity contribution < 1.29 is 9.59 Å². The van der Waals surface area contributed by atoms with Crippen LogP contribution in [0.5, 0.6) is 0 Å². The quantitative estimate of drug-likeness (QED) is 0.861. The number of hydrazine groups is 1. The lowest BCUT2D eigenvalue weighted by Crippen LogP contribution is -2.51. The minimum absolute atomic E-state index is 0.0181. The van der Waals surface area contributed by atoms with E-state index in [0.717, 1.165) is 5.56 Å². The zero-order chi connectivity index (χ0) is 12.0. The molecule has 3 rings (SSSR count). The molecule has 1 aromatic carbocycles. The number of fused-ring (bicyclic) bond motifs is 1. The van der Waals surface area contributed by atoms with Gasteiger partial charge in [0.05, 0.1) is 18.4 Å². The molecule has 2 amide bonds. The van der Waals surface area contributed by atoms with Crippen molar-refractivity contribution in [1.29, 1.82) is 0 Å². The molecule has 1 aromatic rings. The summed E-state index contributed by atoms with van der Waals surface area (Å²) < 4.78 is 0. The van der Waals surface area contributed by atoms with Crippen LogP contribution in [0.2, 0.25) is 5.02 Å². The summed E-state index contributed by atoms with van der Waals surface area (Å²) in [6.07, 6.45) is 0.696. The SMILES string of the molecule is O=C1NN(Cc2ccc(Cl)cc2)C(=O)C2CC12. The molecule has 1 heterocycles. The Labute approximate surface area is 104 Å². The first-order valence-electron chi connectivity index (χ1n) is 5.51. The highest BCUT2D eigenvalue weighted by Crippen LogP contribution is 2.42. The largest absolute Gasteiger partial charge is 0.273 e. The second-order valence-electron chi connectivity index (χ2n) is 4.48. The number of rotatable bonds is 2. The number of nitrogens with one attached hydrogen (secondary N) is 1. The predicted molar refractivity (Wildman–Crippen MR) is 61.7 cm³/mol. The van der Waals surface area contributed by atoms with E-state index >= 15 is 0 Å². The maximum atomic E-state index is 11.9. The monoisotopic (exact) mass is 250 g/mol. The first kappa shape index (κ1) is 10.6. The van der Waals surface area contributed by atoms with E-state index in [0.29, 0.717) is 18.0 Å². The molecule has 1 saturated carbocycles. The van der Waals surface area contributed by atoms with Gasteiger partial charge < -0.3 is 0 Å². The summed E-state index contributed by atoms with van der Waals surface area (Å²) in [6, 6.07) is 7.24. The van der Waals surface area contributed by atoms with Crippen molar-refractivity contribution >= 4 is 23.4 Å². The van der Waals surface area contributed by atoms with E-state index in [9.17, 15) is 9.59 Å². The van der Waals surface area contributed by atoms with E-state index in [1.54, 1.807) is 12.1 Å². The summed E-state index contributed by atoms with van der Waals surface area (Å²) in [4.78, 5) is 23.4. The van der Waals surface area contributed by atoms with E-state index in [4.69, 9.17) is 11.6 Å². The molecule has 1 N–H and O–H groups in total. The van der Waals surface area contributed by atoms with Gasteiger partial charge in [0.25, 0.3) is 0 Å². The average molecular weight is 251 g/mol. The third-order valence-corrected chi connectivity index (χ3v) is 3.46. The smallest absolute Gasteiger partial charge is 0.245 e. The van der Waals surface area contributed by atoms with Gasteiger partial charge in [-0.05, 0) is 24.1 Å². The maximum Gasteiger partial charge on any atom is 0.245 e. The first-order chi connectivity index (χ1) is 8.15. The molecule has 88 valence electrons. The Bertz CT molecular complexity index is 486. The molecule has 2 unspecified atom stereocenters. The van der Waals surface area contributed by atoms with Crippen LogP contribution in [-0.2, 0) is 16.1 Å². The highest BCUT2D eigenvalue weighted by atomic mass is 35.5. The first-order valence-corrected chi connectivity index (χ1v) is 5.89. The van der Waals surface area contributed by atoms with Gasteiger partial charge in [0.2, 0.25) is 11.8 Å². The number of hydrogen-bond donors (Lipinski definition) is 1. The zero-order valence-corrected chi connectivity index (χ0v) is 9.78. The Hall–Kier alpha value is -1.55. The van der Waals surface area contributed by atoms with Crippen molar-refractivity contribution in [3.05, 3.63) is 34.9 Å². The number of benzene rings is 1. The number of halogens is 1. The van der Waals surface area contributed by atoms with E-state index in [-0.39, 0.29) is 23.7 Å². The van der Waals surface area contributed by atoms with Crippen molar-refractivity contribution in [2.75, 3.05) is 0 Å². The molecule has 1 aliphatic heterocycles. The number of amides is 2. The van der Waals surface area contributed by atoms with Gasteiger partial charge in [0.1, 0.15) is 0 Å². The molecule has 0 aromatic heterocycles. The minimum atomic E-state index is -0.0870. The molecule has 1 saturated heterocycles. The normalized spacial score (nSPS) is 26.5. The van der Waals surface area contributed by atoms with Gasteiger partial charge in [0, 0.05) is 5.02 Å². The Morgan fingerprint density at radius 2 is 1.94 bits per heavy atom. The summed E-state index contributed by atoms with van der Waals surface area (Å²) in [7, 11) is 0. The Balaban J connectivity index is 1.74. The lowest BCUT2D eigenvalue weighted by molar-refractivity contribution is -0.148. The van der Waals surface area contributed by atoms with Gasteiger partial charge in [-0.25, -0.2) is 5.01 Å². The van der Waals surface area contributed by atoms with Crippen LogP contribution < -0.4 is 5.43 Å². The van der Waals surface area contributed by atoms with Crippen LogP contribution in [0.4, 0.5) is 0 Å². The fraction of sp³-hybridized carbons (Fsp3) is 0.333. The maximum absolute atomic E-state index is 11.9. The molecular weight excluding hydrogens is 240 g/mol. The molecule has 5 heteroatoms. The topological polar surface area (TPSA) is 49.4 Å². The Morgan fingerprint density at radius 3 is 2.65 bits per heavy atom. The standard InChI is InChI=1S/C12H11ClN2O2/c13-8-3-1-7(2-4-8)6-15-12(17)10-5-9(10)11(16)14-15/h1-4,9-10H,5-6H2,(H,14,16). The van der Waals surface area contributed by atoms with Gasteiger partial charge in [0.15, 0.2) is 0 Å². The fourth-order valence-electron chi connectivity index (χ4n) is 2.12. The summed E-state index contributed by atoms with van der Waals surface area (Å²) in [5.41, 5.74) is 3.58. The van der Waals surface area contributed by atoms with Gasteiger partial charge in [-0.2, -0.15) is 0 Å². The molecule has 2 aliphatic rings. The second-order valence-corrected chi connectivity index (χ2v) is 4.91. The summed E-state index contributed by atoms with van der Waals surface area (Å²) in [5, 5.41) is 2.06. The van der Waals surface area contributed by atoms with Crippen molar-refractivity contribution in [3.63, 3.8) is 0 Å². The molecule has 2 atom stereocenters. The molecule has 1 aliphatic carbocycles. The van der Waals surface area contributed by atoms with Crippen LogP contribution in [0.15, 0.2) is 24.3 Å². The summed E-state index contributed by atoms with van der Waals surface area (Å²) in [5.74, 6) is -0.187. The van der Waals surface area contributed by atoms with Crippen molar-refractivity contribution in [1.82, 2.24) is 10.4 Å². The summed E-state index contributed by atoms with van der Waals surface area (Å²) in [6.45, 7) is 0.394. The molecule has 0 spiro atoms. The molecule has 0 bridgehead atoms. The molecular formula is C12H11ClN2O2. The van der Waals surface area contributed by atoms with Crippen LogP contribution >= 0.6 is 11.6 Å². The second kappa shape index (κ2) is 3.74. The van der Waals surface area contributed by atoms with Gasteiger partial charge in [-0.15, -0.1) is 0 Å². The molecule has 0 radical (unpaired) electrons.